The van der Waals surface area contributed by atoms with Crippen molar-refractivity contribution in [2.45, 2.75) is 149 Å². The molecule has 0 amide bonds. The van der Waals surface area contributed by atoms with Crippen molar-refractivity contribution in [2.24, 2.45) is 52.3 Å². The molecule has 4 aliphatic carbocycles. The highest BCUT2D eigenvalue weighted by atomic mass is 16.7. The maximum atomic E-state index is 12.9. The van der Waals surface area contributed by atoms with Crippen LogP contribution in [0.5, 0.6) is 0 Å². The Kier molecular flexibility index (Phi) is 9.58. The molecule has 0 spiro atoms. The van der Waals surface area contributed by atoms with Gasteiger partial charge in [0.2, 0.25) is 0 Å². The van der Waals surface area contributed by atoms with E-state index in [1.54, 1.807) is 0 Å². The third-order valence-electron chi connectivity index (χ3n) is 13.4. The molecule has 0 aromatic heterocycles. The van der Waals surface area contributed by atoms with Crippen LogP contribution >= 0.6 is 0 Å². The average Bonchev–Trinajstić information content (AvgIpc) is 3.31. The number of aliphatic hydroxyl groups is 4. The molecular weight excluding hydrogens is 532 g/mol. The standard InChI is InChI=1S/C35H58O7/c1-7-21(19(2)3)9-8-20(4)25-12-13-26-24-11-10-22-18-23(14-16-34(22,5)27(24)15-17-35(25,26)6)41-33(40)31-29(37)28(36)30(38)32(39)42-31/h10,19-21,23-32,36-39H,7-9,11-18H2,1-6H3. The summed E-state index contributed by atoms with van der Waals surface area (Å²) < 4.78 is 10.9. The fraction of sp³-hybridized carbons (Fsp3) is 0.914. The van der Waals surface area contributed by atoms with E-state index in [0.717, 1.165) is 54.8 Å². The number of allylic oxidation sites excluding steroid dienone is 1. The zero-order valence-electron chi connectivity index (χ0n) is 26.9. The van der Waals surface area contributed by atoms with Crippen LogP contribution in [0.3, 0.4) is 0 Å². The Morgan fingerprint density at radius 1 is 0.976 bits per heavy atom. The predicted molar refractivity (Wildman–Crippen MR) is 161 cm³/mol. The van der Waals surface area contributed by atoms with E-state index in [1.807, 2.05) is 0 Å². The Balaban J connectivity index is 1.22. The number of carbonyl (C=O) groups is 1. The molecule has 3 saturated carbocycles. The Morgan fingerprint density at radius 3 is 2.40 bits per heavy atom. The van der Waals surface area contributed by atoms with E-state index in [9.17, 15) is 25.2 Å². The first-order valence-corrected chi connectivity index (χ1v) is 17.1. The normalized spacial score (nSPS) is 46.7. The van der Waals surface area contributed by atoms with Gasteiger partial charge in [0.1, 0.15) is 24.4 Å². The van der Waals surface area contributed by atoms with Gasteiger partial charge in [-0.15, -0.1) is 0 Å². The van der Waals surface area contributed by atoms with Crippen LogP contribution in [0.25, 0.3) is 0 Å². The number of carbonyl (C=O) groups excluding carboxylic acids is 1. The van der Waals surface area contributed by atoms with Crippen molar-refractivity contribution < 1.29 is 34.7 Å². The van der Waals surface area contributed by atoms with E-state index >= 15 is 0 Å². The van der Waals surface area contributed by atoms with Crippen LogP contribution in [-0.4, -0.2) is 63.2 Å². The molecule has 5 aliphatic rings. The third-order valence-corrected chi connectivity index (χ3v) is 13.4. The van der Waals surface area contributed by atoms with E-state index < -0.39 is 36.7 Å². The molecule has 0 bridgehead atoms. The summed E-state index contributed by atoms with van der Waals surface area (Å²) in [5.74, 6) is 4.63. The molecule has 14 unspecified atom stereocenters. The first-order valence-electron chi connectivity index (χ1n) is 17.1. The van der Waals surface area contributed by atoms with Crippen molar-refractivity contribution in [2.75, 3.05) is 0 Å². The fourth-order valence-electron chi connectivity index (χ4n) is 10.7. The molecule has 0 radical (unpaired) electrons. The summed E-state index contributed by atoms with van der Waals surface area (Å²) in [7, 11) is 0. The zero-order chi connectivity index (χ0) is 30.6. The lowest BCUT2D eigenvalue weighted by molar-refractivity contribution is -0.282. The Bertz CT molecular complexity index is 996. The van der Waals surface area contributed by atoms with Crippen LogP contribution in [0.1, 0.15) is 112 Å². The second-order valence-corrected chi connectivity index (χ2v) is 15.7. The van der Waals surface area contributed by atoms with Crippen LogP contribution in [0.15, 0.2) is 11.6 Å². The molecule has 0 aromatic rings. The van der Waals surface area contributed by atoms with Gasteiger partial charge in [-0.25, -0.2) is 4.79 Å². The quantitative estimate of drug-likeness (QED) is 0.222. The number of hydrogen-bond donors (Lipinski definition) is 4. The lowest BCUT2D eigenvalue weighted by atomic mass is 9.47. The second kappa shape index (κ2) is 12.4. The van der Waals surface area contributed by atoms with Crippen molar-refractivity contribution in [1.82, 2.24) is 0 Å². The maximum absolute atomic E-state index is 12.9. The number of ether oxygens (including phenoxy) is 2. The molecule has 7 heteroatoms. The summed E-state index contributed by atoms with van der Waals surface area (Å²) in [5, 5.41) is 39.8. The minimum Gasteiger partial charge on any atom is -0.460 e. The summed E-state index contributed by atoms with van der Waals surface area (Å²) >= 11 is 0. The monoisotopic (exact) mass is 590 g/mol. The topological polar surface area (TPSA) is 116 Å². The number of esters is 1. The lowest BCUT2D eigenvalue weighted by Crippen LogP contribution is -2.60. The summed E-state index contributed by atoms with van der Waals surface area (Å²) in [5.41, 5.74) is 1.97. The zero-order valence-corrected chi connectivity index (χ0v) is 26.9. The van der Waals surface area contributed by atoms with Gasteiger partial charge in [-0.2, -0.15) is 0 Å². The van der Waals surface area contributed by atoms with Gasteiger partial charge in [-0.3, -0.25) is 0 Å². The number of fused-ring (bicyclic) bond motifs is 5. The number of aliphatic hydroxyl groups excluding tert-OH is 4. The molecule has 7 nitrogen and oxygen atoms in total. The van der Waals surface area contributed by atoms with Crippen molar-refractivity contribution in [1.29, 1.82) is 0 Å². The van der Waals surface area contributed by atoms with Gasteiger partial charge in [0, 0.05) is 6.42 Å². The van der Waals surface area contributed by atoms with Crippen LogP contribution in [-0.2, 0) is 14.3 Å². The molecule has 1 saturated heterocycles. The van der Waals surface area contributed by atoms with Crippen LogP contribution in [0, 0.1) is 52.3 Å². The van der Waals surface area contributed by atoms with Crippen molar-refractivity contribution in [3.63, 3.8) is 0 Å². The second-order valence-electron chi connectivity index (χ2n) is 15.7. The first kappa shape index (κ1) is 32.4. The summed E-state index contributed by atoms with van der Waals surface area (Å²) in [6, 6.07) is 0. The molecule has 4 N–H and O–H groups in total. The van der Waals surface area contributed by atoms with Crippen molar-refractivity contribution in [3.8, 4) is 0 Å². The van der Waals surface area contributed by atoms with Gasteiger partial charge < -0.3 is 29.9 Å². The maximum Gasteiger partial charge on any atom is 0.338 e. The third kappa shape index (κ3) is 5.63. The highest BCUT2D eigenvalue weighted by Gasteiger charge is 2.59. The van der Waals surface area contributed by atoms with E-state index in [0.29, 0.717) is 17.8 Å². The SMILES string of the molecule is CCC(CCC(C)C1CCC2C3CC=C4CC(OC(=O)C5OC(O)C(O)C(O)C5O)CCC4(C)C3CCC12C)C(C)C. The fourth-order valence-corrected chi connectivity index (χ4v) is 10.7. The van der Waals surface area contributed by atoms with Gasteiger partial charge in [0.15, 0.2) is 12.4 Å². The summed E-state index contributed by atoms with van der Waals surface area (Å²) in [4.78, 5) is 12.9. The molecule has 42 heavy (non-hydrogen) atoms. The molecule has 240 valence electrons. The summed E-state index contributed by atoms with van der Waals surface area (Å²) in [6.07, 6.45) is 6.73. The van der Waals surface area contributed by atoms with E-state index in [4.69, 9.17) is 9.47 Å². The van der Waals surface area contributed by atoms with Gasteiger partial charge in [-0.1, -0.05) is 66.0 Å². The van der Waals surface area contributed by atoms with Gasteiger partial charge in [0.25, 0.3) is 0 Å². The number of rotatable bonds is 8. The largest absolute Gasteiger partial charge is 0.460 e. The minimum absolute atomic E-state index is 0.125. The van der Waals surface area contributed by atoms with Crippen molar-refractivity contribution in [3.05, 3.63) is 11.6 Å². The Labute approximate surface area is 253 Å². The van der Waals surface area contributed by atoms with Crippen LogP contribution in [0.4, 0.5) is 0 Å². The average molecular weight is 591 g/mol. The molecule has 5 rings (SSSR count). The smallest absolute Gasteiger partial charge is 0.338 e. The van der Waals surface area contributed by atoms with E-state index in [-0.39, 0.29) is 11.5 Å². The molecule has 1 heterocycles. The van der Waals surface area contributed by atoms with E-state index in [2.05, 4.69) is 47.6 Å². The Morgan fingerprint density at radius 2 is 1.71 bits per heavy atom. The highest BCUT2D eigenvalue weighted by molar-refractivity contribution is 5.76. The lowest BCUT2D eigenvalue weighted by Gasteiger charge is -2.58. The Hall–Kier alpha value is -0.990. The van der Waals surface area contributed by atoms with Crippen LogP contribution in [0.2, 0.25) is 0 Å². The van der Waals surface area contributed by atoms with E-state index in [1.165, 1.54) is 50.5 Å². The molecule has 0 aromatic carbocycles. The molecule has 1 aliphatic heterocycles. The molecule has 4 fully saturated rings. The van der Waals surface area contributed by atoms with Gasteiger partial charge in [-0.05, 0) is 104 Å². The van der Waals surface area contributed by atoms with Crippen molar-refractivity contribution >= 4 is 5.97 Å². The summed E-state index contributed by atoms with van der Waals surface area (Å²) in [6.45, 7) is 14.7. The number of hydrogen-bond acceptors (Lipinski definition) is 7. The molecule has 14 atom stereocenters. The van der Waals surface area contributed by atoms with Crippen LogP contribution < -0.4 is 0 Å². The predicted octanol–water partition coefficient (Wildman–Crippen LogP) is 5.38. The first-order chi connectivity index (χ1) is 19.8. The highest BCUT2D eigenvalue weighted by Crippen LogP contribution is 2.67. The molecular formula is C35H58O7. The van der Waals surface area contributed by atoms with Gasteiger partial charge in [0.05, 0.1) is 0 Å². The minimum atomic E-state index is -1.75. The van der Waals surface area contributed by atoms with Gasteiger partial charge >= 0.3 is 5.97 Å².